The number of carbonyl (C=O) groups excluding carboxylic acids is 2. The molecule has 104 valence electrons. The molecule has 0 heterocycles. The van der Waals surface area contributed by atoms with Crippen molar-refractivity contribution in [2.24, 2.45) is 11.8 Å². The van der Waals surface area contributed by atoms with Crippen LogP contribution in [0.1, 0.15) is 52.9 Å². The Hall–Kier alpha value is -1.06. The fourth-order valence-corrected chi connectivity index (χ4v) is 2.24. The fraction of sp³-hybridized carbons (Fsp3) is 0.857. The lowest BCUT2D eigenvalue weighted by molar-refractivity contribution is -0.174. The van der Waals surface area contributed by atoms with Crippen molar-refractivity contribution in [1.82, 2.24) is 0 Å². The normalized spacial score (nSPS) is 18.4. The topological polar surface area (TPSA) is 52.6 Å². The van der Waals surface area contributed by atoms with Crippen molar-refractivity contribution in [3.05, 3.63) is 0 Å². The second-order valence-electron chi connectivity index (χ2n) is 5.19. The zero-order valence-electron chi connectivity index (χ0n) is 11.6. The molecule has 0 aromatic carbocycles. The summed E-state index contributed by atoms with van der Waals surface area (Å²) in [6, 6.07) is 0. The van der Waals surface area contributed by atoms with E-state index in [1.807, 2.05) is 13.8 Å². The van der Waals surface area contributed by atoms with E-state index in [0.717, 1.165) is 25.7 Å². The zero-order chi connectivity index (χ0) is 13.5. The Labute approximate surface area is 109 Å². The Morgan fingerprint density at radius 3 is 2.28 bits per heavy atom. The predicted molar refractivity (Wildman–Crippen MR) is 67.9 cm³/mol. The second-order valence-corrected chi connectivity index (χ2v) is 5.19. The number of rotatable bonds is 5. The summed E-state index contributed by atoms with van der Waals surface area (Å²) < 4.78 is 10.3. The van der Waals surface area contributed by atoms with Gasteiger partial charge in [-0.05, 0) is 19.8 Å². The van der Waals surface area contributed by atoms with Crippen LogP contribution in [-0.2, 0) is 19.1 Å². The standard InChI is InChI=1S/C14H24O4/c1-4-17-14(16)12(10(2)3)18-13(15)11-8-6-5-7-9-11/h10-12H,4-9H2,1-3H3. The average molecular weight is 256 g/mol. The van der Waals surface area contributed by atoms with Crippen molar-refractivity contribution >= 4 is 11.9 Å². The van der Waals surface area contributed by atoms with Gasteiger partial charge in [-0.1, -0.05) is 33.1 Å². The number of ether oxygens (including phenoxy) is 2. The summed E-state index contributed by atoms with van der Waals surface area (Å²) in [5.41, 5.74) is 0. The van der Waals surface area contributed by atoms with Crippen molar-refractivity contribution in [3.63, 3.8) is 0 Å². The summed E-state index contributed by atoms with van der Waals surface area (Å²) in [7, 11) is 0. The fourth-order valence-electron chi connectivity index (χ4n) is 2.24. The Kier molecular flexibility index (Phi) is 6.16. The predicted octanol–water partition coefficient (Wildman–Crippen LogP) is 2.70. The minimum Gasteiger partial charge on any atom is -0.463 e. The highest BCUT2D eigenvalue weighted by molar-refractivity contribution is 5.80. The lowest BCUT2D eigenvalue weighted by atomic mass is 9.89. The van der Waals surface area contributed by atoms with Gasteiger partial charge in [-0.3, -0.25) is 4.79 Å². The zero-order valence-corrected chi connectivity index (χ0v) is 11.6. The molecule has 0 amide bonds. The molecule has 4 nitrogen and oxygen atoms in total. The summed E-state index contributed by atoms with van der Waals surface area (Å²) >= 11 is 0. The van der Waals surface area contributed by atoms with Gasteiger partial charge < -0.3 is 9.47 Å². The number of esters is 2. The first-order chi connectivity index (χ1) is 8.56. The molecule has 1 unspecified atom stereocenters. The third-order valence-corrected chi connectivity index (χ3v) is 3.31. The van der Waals surface area contributed by atoms with Crippen molar-refractivity contribution in [2.45, 2.75) is 59.0 Å². The first kappa shape index (κ1) is 15.0. The van der Waals surface area contributed by atoms with E-state index in [1.165, 1.54) is 6.42 Å². The Bertz CT molecular complexity index is 280. The Morgan fingerprint density at radius 2 is 1.78 bits per heavy atom. The summed E-state index contributed by atoms with van der Waals surface area (Å²) in [5, 5.41) is 0. The van der Waals surface area contributed by atoms with Crippen LogP contribution in [-0.4, -0.2) is 24.6 Å². The van der Waals surface area contributed by atoms with Gasteiger partial charge in [0.15, 0.2) is 0 Å². The Balaban J connectivity index is 2.54. The van der Waals surface area contributed by atoms with E-state index in [9.17, 15) is 9.59 Å². The van der Waals surface area contributed by atoms with Crippen LogP contribution in [0.4, 0.5) is 0 Å². The molecular formula is C14H24O4. The van der Waals surface area contributed by atoms with E-state index in [4.69, 9.17) is 9.47 Å². The smallest absolute Gasteiger partial charge is 0.347 e. The maximum absolute atomic E-state index is 12.0. The molecule has 0 radical (unpaired) electrons. The van der Waals surface area contributed by atoms with Crippen molar-refractivity contribution < 1.29 is 19.1 Å². The highest BCUT2D eigenvalue weighted by atomic mass is 16.6. The molecule has 0 saturated heterocycles. The first-order valence-corrected chi connectivity index (χ1v) is 6.93. The van der Waals surface area contributed by atoms with E-state index >= 15 is 0 Å². The lowest BCUT2D eigenvalue weighted by Crippen LogP contribution is -2.36. The van der Waals surface area contributed by atoms with Crippen molar-refractivity contribution in [2.75, 3.05) is 6.61 Å². The molecule has 18 heavy (non-hydrogen) atoms. The van der Waals surface area contributed by atoms with Gasteiger partial charge in [0, 0.05) is 5.92 Å². The third-order valence-electron chi connectivity index (χ3n) is 3.31. The van der Waals surface area contributed by atoms with Gasteiger partial charge in [0.2, 0.25) is 6.10 Å². The molecule has 0 N–H and O–H groups in total. The van der Waals surface area contributed by atoms with Crippen LogP contribution in [0.5, 0.6) is 0 Å². The van der Waals surface area contributed by atoms with Crippen LogP contribution in [0.3, 0.4) is 0 Å². The minimum atomic E-state index is -0.764. The van der Waals surface area contributed by atoms with Gasteiger partial charge in [-0.2, -0.15) is 0 Å². The molecule has 0 spiro atoms. The van der Waals surface area contributed by atoms with Crippen molar-refractivity contribution in [3.8, 4) is 0 Å². The lowest BCUT2D eigenvalue weighted by Gasteiger charge is -2.24. The molecule has 1 atom stereocenters. The van der Waals surface area contributed by atoms with E-state index < -0.39 is 12.1 Å². The van der Waals surface area contributed by atoms with Crippen LogP contribution >= 0.6 is 0 Å². The van der Waals surface area contributed by atoms with Gasteiger partial charge in [0.25, 0.3) is 0 Å². The second kappa shape index (κ2) is 7.39. The molecule has 1 aliphatic rings. The van der Waals surface area contributed by atoms with Crippen LogP contribution in [0.2, 0.25) is 0 Å². The van der Waals surface area contributed by atoms with Gasteiger partial charge in [0.05, 0.1) is 12.5 Å². The van der Waals surface area contributed by atoms with E-state index in [-0.39, 0.29) is 17.8 Å². The molecule has 1 aliphatic carbocycles. The average Bonchev–Trinajstić information content (AvgIpc) is 2.36. The van der Waals surface area contributed by atoms with Crippen LogP contribution in [0.15, 0.2) is 0 Å². The summed E-state index contributed by atoms with van der Waals surface area (Å²) in [6.07, 6.45) is 4.34. The van der Waals surface area contributed by atoms with E-state index in [1.54, 1.807) is 6.92 Å². The highest BCUT2D eigenvalue weighted by Crippen LogP contribution is 2.25. The van der Waals surface area contributed by atoms with Crippen LogP contribution in [0.25, 0.3) is 0 Å². The number of hydrogen-bond acceptors (Lipinski definition) is 4. The summed E-state index contributed by atoms with van der Waals surface area (Å²) in [5.74, 6) is -0.760. The minimum absolute atomic E-state index is 0.0329. The first-order valence-electron chi connectivity index (χ1n) is 6.93. The molecule has 0 aromatic rings. The number of hydrogen-bond donors (Lipinski definition) is 0. The van der Waals surface area contributed by atoms with E-state index in [2.05, 4.69) is 0 Å². The molecule has 0 aliphatic heterocycles. The highest BCUT2D eigenvalue weighted by Gasteiger charge is 2.31. The quantitative estimate of drug-likeness (QED) is 0.710. The Morgan fingerprint density at radius 1 is 1.17 bits per heavy atom. The molecule has 1 fully saturated rings. The molecule has 1 saturated carbocycles. The largest absolute Gasteiger partial charge is 0.463 e. The summed E-state index contributed by atoms with van der Waals surface area (Å²) in [6.45, 7) is 5.77. The summed E-state index contributed by atoms with van der Waals surface area (Å²) in [4.78, 5) is 23.7. The molecule has 4 heteroatoms. The third kappa shape index (κ3) is 4.31. The van der Waals surface area contributed by atoms with Gasteiger partial charge in [0.1, 0.15) is 0 Å². The van der Waals surface area contributed by atoms with Crippen LogP contribution in [0, 0.1) is 11.8 Å². The molecular weight excluding hydrogens is 232 g/mol. The molecule has 0 bridgehead atoms. The van der Waals surface area contributed by atoms with Crippen molar-refractivity contribution in [1.29, 1.82) is 0 Å². The van der Waals surface area contributed by atoms with E-state index in [0.29, 0.717) is 6.61 Å². The van der Waals surface area contributed by atoms with Gasteiger partial charge >= 0.3 is 11.9 Å². The molecule has 1 rings (SSSR count). The van der Waals surface area contributed by atoms with Gasteiger partial charge in [-0.25, -0.2) is 4.79 Å². The monoisotopic (exact) mass is 256 g/mol. The number of carbonyl (C=O) groups is 2. The maximum atomic E-state index is 12.0. The maximum Gasteiger partial charge on any atom is 0.347 e. The SMILES string of the molecule is CCOC(=O)C(OC(=O)C1CCCCC1)C(C)C. The van der Waals surface area contributed by atoms with Crippen LogP contribution < -0.4 is 0 Å². The molecule has 0 aromatic heterocycles. The van der Waals surface area contributed by atoms with Gasteiger partial charge in [-0.15, -0.1) is 0 Å².